The van der Waals surface area contributed by atoms with E-state index in [1.54, 1.807) is 42.6 Å². The number of sulfonamides is 1. The van der Waals surface area contributed by atoms with Crippen LogP contribution in [0, 0.1) is 0 Å². The van der Waals surface area contributed by atoms with Gasteiger partial charge in [-0.15, -0.1) is 0 Å². The van der Waals surface area contributed by atoms with Crippen LogP contribution in [0.25, 0.3) is 17.3 Å². The molecule has 1 aromatic heterocycles. The minimum atomic E-state index is -4.31. The van der Waals surface area contributed by atoms with Crippen molar-refractivity contribution in [1.29, 1.82) is 0 Å². The second-order valence-corrected chi connectivity index (χ2v) is 9.43. The van der Waals surface area contributed by atoms with Crippen molar-refractivity contribution in [2.75, 3.05) is 20.2 Å². The maximum atomic E-state index is 13.3. The quantitative estimate of drug-likeness (QED) is 0.534. The number of rotatable bonds is 5. The largest absolute Gasteiger partial charge is 0.496 e. The molecule has 0 bridgehead atoms. The zero-order valence-electron chi connectivity index (χ0n) is 17.4. The van der Waals surface area contributed by atoms with Crippen LogP contribution in [0.15, 0.2) is 65.2 Å². The fraction of sp³-hybridized carbons (Fsp3) is 0.136. The molecule has 0 spiro atoms. The Hall–Kier alpha value is -3.63. The number of aromatic amines is 1. The third-order valence-electron chi connectivity index (χ3n) is 5.02. The third kappa shape index (κ3) is 4.62. The van der Waals surface area contributed by atoms with Crippen molar-refractivity contribution in [1.82, 2.24) is 19.8 Å². The summed E-state index contributed by atoms with van der Waals surface area (Å²) in [4.78, 5) is 25.4. The Morgan fingerprint density at radius 3 is 2.55 bits per heavy atom. The first kappa shape index (κ1) is 22.6. The van der Waals surface area contributed by atoms with E-state index in [9.17, 15) is 18.0 Å². The fourth-order valence-electron chi connectivity index (χ4n) is 3.35. The van der Waals surface area contributed by atoms with Crippen LogP contribution < -0.4 is 10.1 Å². The monoisotopic (exact) mass is 486 g/mol. The second kappa shape index (κ2) is 9.08. The Morgan fingerprint density at radius 2 is 1.88 bits per heavy atom. The number of methoxy groups -OCH3 is 1. The molecule has 0 radical (unpaired) electrons. The molecule has 0 aliphatic carbocycles. The summed E-state index contributed by atoms with van der Waals surface area (Å²) in [5.74, 6) is -0.966. The molecule has 1 aliphatic rings. The summed E-state index contributed by atoms with van der Waals surface area (Å²) in [6.45, 7) is -0.774. The van der Waals surface area contributed by atoms with Crippen LogP contribution in [-0.4, -0.2) is 54.9 Å². The van der Waals surface area contributed by atoms with Crippen LogP contribution >= 0.6 is 11.6 Å². The molecule has 170 valence electrons. The number of carbonyl (C=O) groups excluding carboxylic acids is 2. The molecule has 9 nitrogen and oxygen atoms in total. The molecule has 3 aromatic rings. The van der Waals surface area contributed by atoms with Crippen LogP contribution in [0.3, 0.4) is 0 Å². The van der Waals surface area contributed by atoms with Crippen LogP contribution in [0.1, 0.15) is 5.56 Å². The molecule has 2 heterocycles. The maximum Gasteiger partial charge on any atom is 0.267 e. The molecule has 2 aromatic carbocycles. The molecule has 0 atom stereocenters. The molecular formula is C22H19ClN4O5S. The maximum absolute atomic E-state index is 13.3. The minimum Gasteiger partial charge on any atom is -0.496 e. The number of H-pyrrole nitrogens is 1. The van der Waals surface area contributed by atoms with Crippen molar-refractivity contribution in [3.05, 3.63) is 70.9 Å². The number of hydrogen-bond donors (Lipinski definition) is 2. The summed E-state index contributed by atoms with van der Waals surface area (Å²) in [5, 5.41) is 9.71. The van der Waals surface area contributed by atoms with E-state index >= 15 is 0 Å². The number of nitrogens with zero attached hydrogens (tertiary/aromatic N) is 2. The highest BCUT2D eigenvalue weighted by atomic mass is 35.5. The third-order valence-corrected chi connectivity index (χ3v) is 7.00. The molecule has 11 heteroatoms. The van der Waals surface area contributed by atoms with Gasteiger partial charge in [0.1, 0.15) is 12.3 Å². The van der Waals surface area contributed by atoms with E-state index in [1.165, 1.54) is 25.3 Å². The standard InChI is InChI=1S/C22H19ClN4O5S/c1-32-20-7-4-17(23)11-15(20)10-16-12-24-21(28)13-27(22(16)29)33(30,31)18-5-2-14(3-6-18)19-8-9-25-26-19/h2-11H,12-13H2,1H3,(H,24,28)(H,25,26). The summed E-state index contributed by atoms with van der Waals surface area (Å²) < 4.78 is 32.5. The lowest BCUT2D eigenvalue weighted by Gasteiger charge is -2.20. The van der Waals surface area contributed by atoms with E-state index in [0.29, 0.717) is 31.9 Å². The van der Waals surface area contributed by atoms with Crippen LogP contribution in [-0.2, 0) is 19.6 Å². The van der Waals surface area contributed by atoms with Crippen molar-refractivity contribution < 1.29 is 22.7 Å². The molecule has 1 fully saturated rings. The zero-order valence-corrected chi connectivity index (χ0v) is 19.0. The molecular weight excluding hydrogens is 468 g/mol. The van der Waals surface area contributed by atoms with Crippen LogP contribution in [0.4, 0.5) is 0 Å². The Balaban J connectivity index is 1.71. The summed E-state index contributed by atoms with van der Waals surface area (Å²) in [7, 11) is -2.84. The van der Waals surface area contributed by atoms with Gasteiger partial charge in [-0.2, -0.15) is 5.10 Å². The van der Waals surface area contributed by atoms with Crippen molar-refractivity contribution in [2.45, 2.75) is 4.90 Å². The van der Waals surface area contributed by atoms with E-state index in [-0.39, 0.29) is 17.0 Å². The van der Waals surface area contributed by atoms with Crippen molar-refractivity contribution in [3.63, 3.8) is 0 Å². The Labute approximate surface area is 195 Å². The van der Waals surface area contributed by atoms with Crippen molar-refractivity contribution in [2.24, 2.45) is 0 Å². The second-order valence-electron chi connectivity index (χ2n) is 7.13. The first-order chi connectivity index (χ1) is 15.8. The Kier molecular flexibility index (Phi) is 6.21. The van der Waals surface area contributed by atoms with Gasteiger partial charge in [0.25, 0.3) is 15.9 Å². The summed E-state index contributed by atoms with van der Waals surface area (Å²) in [6, 6.07) is 12.5. The summed E-state index contributed by atoms with van der Waals surface area (Å²) in [5.41, 5.74) is 1.89. The average molecular weight is 487 g/mol. The topological polar surface area (TPSA) is 121 Å². The lowest BCUT2D eigenvalue weighted by Crippen LogP contribution is -2.40. The highest BCUT2D eigenvalue weighted by molar-refractivity contribution is 7.89. The number of ether oxygens (including phenoxy) is 1. The van der Waals surface area contributed by atoms with Gasteiger partial charge in [-0.05, 0) is 42.5 Å². The van der Waals surface area contributed by atoms with E-state index in [1.807, 2.05) is 0 Å². The normalized spacial score (nSPS) is 15.9. The van der Waals surface area contributed by atoms with E-state index in [4.69, 9.17) is 16.3 Å². The van der Waals surface area contributed by atoms with E-state index in [0.717, 1.165) is 0 Å². The number of benzene rings is 2. The van der Waals surface area contributed by atoms with Gasteiger partial charge >= 0.3 is 0 Å². The number of hydrogen-bond acceptors (Lipinski definition) is 6. The first-order valence-electron chi connectivity index (χ1n) is 9.77. The molecule has 2 amide bonds. The lowest BCUT2D eigenvalue weighted by atomic mass is 10.1. The van der Waals surface area contributed by atoms with Crippen molar-refractivity contribution in [3.8, 4) is 17.0 Å². The Morgan fingerprint density at radius 1 is 1.12 bits per heavy atom. The van der Waals surface area contributed by atoms with Gasteiger partial charge in [0, 0.05) is 34.5 Å². The van der Waals surface area contributed by atoms with Crippen LogP contribution in [0.5, 0.6) is 5.75 Å². The highest BCUT2D eigenvalue weighted by Gasteiger charge is 2.35. The molecule has 2 N–H and O–H groups in total. The predicted octanol–water partition coefficient (Wildman–Crippen LogP) is 2.47. The zero-order chi connectivity index (χ0) is 23.6. The smallest absolute Gasteiger partial charge is 0.267 e. The van der Waals surface area contributed by atoms with Gasteiger partial charge in [0.05, 0.1) is 17.7 Å². The Bertz CT molecular complexity index is 1340. The van der Waals surface area contributed by atoms with Gasteiger partial charge in [0.15, 0.2) is 0 Å². The number of carbonyl (C=O) groups is 2. The van der Waals surface area contributed by atoms with Gasteiger partial charge in [-0.1, -0.05) is 23.7 Å². The van der Waals surface area contributed by atoms with Crippen molar-refractivity contribution >= 4 is 39.5 Å². The predicted molar refractivity (Wildman–Crippen MR) is 122 cm³/mol. The average Bonchev–Trinajstić information content (AvgIpc) is 3.30. The molecule has 1 saturated heterocycles. The van der Waals surface area contributed by atoms with Gasteiger partial charge < -0.3 is 10.1 Å². The van der Waals surface area contributed by atoms with Gasteiger partial charge in [0.2, 0.25) is 5.91 Å². The van der Waals surface area contributed by atoms with Gasteiger partial charge in [-0.3, -0.25) is 14.7 Å². The number of nitrogens with one attached hydrogen (secondary N) is 2. The molecule has 0 saturated carbocycles. The van der Waals surface area contributed by atoms with Gasteiger partial charge in [-0.25, -0.2) is 12.7 Å². The van der Waals surface area contributed by atoms with Crippen LogP contribution in [0.2, 0.25) is 5.02 Å². The summed E-state index contributed by atoms with van der Waals surface area (Å²) >= 11 is 6.06. The molecule has 1 aliphatic heterocycles. The molecule has 0 unspecified atom stereocenters. The molecule has 4 rings (SSSR count). The minimum absolute atomic E-state index is 0.0677. The number of halogens is 1. The number of aromatic nitrogens is 2. The lowest BCUT2D eigenvalue weighted by molar-refractivity contribution is -0.127. The summed E-state index contributed by atoms with van der Waals surface area (Å²) in [6.07, 6.45) is 3.11. The SMILES string of the molecule is COc1ccc(Cl)cc1C=C1CNC(=O)CN(S(=O)(=O)c2ccc(-c3cc[nH]n3)cc2)C1=O. The first-order valence-corrected chi connectivity index (χ1v) is 11.6. The van der Waals surface area contributed by atoms with E-state index in [2.05, 4.69) is 15.5 Å². The molecule has 33 heavy (non-hydrogen) atoms. The van der Waals surface area contributed by atoms with E-state index < -0.39 is 28.4 Å². The highest BCUT2D eigenvalue weighted by Crippen LogP contribution is 2.27. The fourth-order valence-corrected chi connectivity index (χ4v) is 4.88. The number of amides is 2.